The standard InChI is InChI=1S/C10H10BrN/c1-2-7-12-8-9-3-5-10(11)6-4-9/h3-7,12H,1,8H2. The summed E-state index contributed by atoms with van der Waals surface area (Å²) >= 11 is 3.38. The van der Waals surface area contributed by atoms with E-state index in [4.69, 9.17) is 0 Å². The molecule has 1 nitrogen and oxygen atoms in total. The lowest BCUT2D eigenvalue weighted by Crippen LogP contribution is -2.02. The maximum atomic E-state index is 3.46. The van der Waals surface area contributed by atoms with Gasteiger partial charge in [0, 0.05) is 17.2 Å². The molecule has 0 aliphatic rings. The highest BCUT2D eigenvalue weighted by molar-refractivity contribution is 9.10. The molecule has 0 amide bonds. The largest absolute Gasteiger partial charge is 0.381 e. The Bertz CT molecular complexity index is 283. The third-order valence-electron chi connectivity index (χ3n) is 1.42. The van der Waals surface area contributed by atoms with Crippen LogP contribution in [0.25, 0.3) is 0 Å². The number of halogens is 1. The molecule has 0 fully saturated rings. The summed E-state index contributed by atoms with van der Waals surface area (Å²) in [6, 6.07) is 8.17. The quantitative estimate of drug-likeness (QED) is 0.778. The van der Waals surface area contributed by atoms with E-state index in [1.807, 2.05) is 12.1 Å². The van der Waals surface area contributed by atoms with E-state index in [-0.39, 0.29) is 0 Å². The first kappa shape index (κ1) is 9.11. The second kappa shape index (κ2) is 4.81. The SMILES string of the molecule is C=C=CNCc1ccc(Br)cc1. The van der Waals surface area contributed by atoms with Crippen molar-refractivity contribution in [3.63, 3.8) is 0 Å². The molecule has 0 aliphatic heterocycles. The highest BCUT2D eigenvalue weighted by Gasteiger charge is 1.89. The summed E-state index contributed by atoms with van der Waals surface area (Å²) in [5.41, 5.74) is 3.89. The molecule has 62 valence electrons. The Kier molecular flexibility index (Phi) is 3.65. The monoisotopic (exact) mass is 223 g/mol. The van der Waals surface area contributed by atoms with E-state index in [9.17, 15) is 0 Å². The zero-order valence-electron chi connectivity index (χ0n) is 6.68. The maximum Gasteiger partial charge on any atom is 0.0400 e. The van der Waals surface area contributed by atoms with Gasteiger partial charge in [0.1, 0.15) is 0 Å². The van der Waals surface area contributed by atoms with E-state index < -0.39 is 0 Å². The number of nitrogens with one attached hydrogen (secondary N) is 1. The summed E-state index contributed by atoms with van der Waals surface area (Å²) in [4.78, 5) is 0. The van der Waals surface area contributed by atoms with Gasteiger partial charge in [0.2, 0.25) is 0 Å². The molecule has 0 aromatic heterocycles. The molecule has 0 saturated carbocycles. The molecule has 0 spiro atoms. The lowest BCUT2D eigenvalue weighted by molar-refractivity contribution is 0.871. The van der Waals surface area contributed by atoms with Crippen LogP contribution in [0.5, 0.6) is 0 Å². The van der Waals surface area contributed by atoms with Crippen molar-refractivity contribution in [3.8, 4) is 0 Å². The van der Waals surface area contributed by atoms with Crippen LogP contribution in [0.2, 0.25) is 0 Å². The zero-order valence-corrected chi connectivity index (χ0v) is 8.26. The van der Waals surface area contributed by atoms with Crippen LogP contribution in [0.15, 0.2) is 47.2 Å². The van der Waals surface area contributed by atoms with Crippen LogP contribution < -0.4 is 5.32 Å². The van der Waals surface area contributed by atoms with Crippen molar-refractivity contribution in [2.45, 2.75) is 6.54 Å². The van der Waals surface area contributed by atoms with Gasteiger partial charge < -0.3 is 5.32 Å². The Hall–Kier alpha value is -0.980. The van der Waals surface area contributed by atoms with Crippen molar-refractivity contribution in [1.29, 1.82) is 0 Å². The lowest BCUT2D eigenvalue weighted by Gasteiger charge is -1.99. The van der Waals surface area contributed by atoms with E-state index in [0.717, 1.165) is 11.0 Å². The predicted molar refractivity (Wildman–Crippen MR) is 54.7 cm³/mol. The molecule has 0 bridgehead atoms. The third kappa shape index (κ3) is 2.95. The van der Waals surface area contributed by atoms with Crippen LogP contribution in [0.3, 0.4) is 0 Å². The van der Waals surface area contributed by atoms with Crippen LogP contribution in [0.1, 0.15) is 5.56 Å². The van der Waals surface area contributed by atoms with E-state index >= 15 is 0 Å². The molecule has 0 heterocycles. The van der Waals surface area contributed by atoms with E-state index in [0.29, 0.717) is 0 Å². The number of hydrogen-bond acceptors (Lipinski definition) is 1. The number of rotatable bonds is 3. The van der Waals surface area contributed by atoms with Crippen molar-refractivity contribution in [2.75, 3.05) is 0 Å². The van der Waals surface area contributed by atoms with Crippen molar-refractivity contribution < 1.29 is 0 Å². The maximum absolute atomic E-state index is 3.46. The van der Waals surface area contributed by atoms with Gasteiger partial charge in [-0.25, -0.2) is 0 Å². The van der Waals surface area contributed by atoms with Gasteiger partial charge in [-0.3, -0.25) is 0 Å². The van der Waals surface area contributed by atoms with Gasteiger partial charge in [0.25, 0.3) is 0 Å². The Balaban J connectivity index is 2.53. The highest BCUT2D eigenvalue weighted by Crippen LogP contribution is 2.09. The molecule has 1 aromatic rings. The van der Waals surface area contributed by atoms with Crippen LogP contribution >= 0.6 is 15.9 Å². The van der Waals surface area contributed by atoms with Gasteiger partial charge in [-0.2, -0.15) is 0 Å². The molecule has 1 N–H and O–H groups in total. The average molecular weight is 224 g/mol. The molecule has 0 atom stereocenters. The van der Waals surface area contributed by atoms with Crippen molar-refractivity contribution in [3.05, 3.63) is 52.8 Å². The van der Waals surface area contributed by atoms with Gasteiger partial charge in [0.15, 0.2) is 0 Å². The summed E-state index contributed by atoms with van der Waals surface area (Å²) in [7, 11) is 0. The van der Waals surface area contributed by atoms with Gasteiger partial charge in [-0.1, -0.05) is 34.6 Å². The predicted octanol–water partition coefficient (Wildman–Crippen LogP) is 2.84. The van der Waals surface area contributed by atoms with Crippen molar-refractivity contribution >= 4 is 15.9 Å². The molecule has 2 heteroatoms. The first-order chi connectivity index (χ1) is 5.83. The third-order valence-corrected chi connectivity index (χ3v) is 1.95. The van der Waals surface area contributed by atoms with Crippen molar-refractivity contribution in [2.24, 2.45) is 0 Å². The molecule has 0 saturated heterocycles. The van der Waals surface area contributed by atoms with E-state index in [2.05, 4.69) is 45.7 Å². The van der Waals surface area contributed by atoms with Crippen LogP contribution in [0, 0.1) is 0 Å². The summed E-state index contributed by atoms with van der Waals surface area (Å²) < 4.78 is 1.10. The van der Waals surface area contributed by atoms with Crippen LogP contribution in [-0.4, -0.2) is 0 Å². The fraction of sp³-hybridized carbons (Fsp3) is 0.100. The molecular weight excluding hydrogens is 214 g/mol. The van der Waals surface area contributed by atoms with Gasteiger partial charge in [0.05, 0.1) is 0 Å². The summed E-state index contributed by atoms with van der Waals surface area (Å²) in [6.45, 7) is 4.27. The zero-order chi connectivity index (χ0) is 8.81. The van der Waals surface area contributed by atoms with Crippen LogP contribution in [0.4, 0.5) is 0 Å². The van der Waals surface area contributed by atoms with E-state index in [1.165, 1.54) is 5.56 Å². The minimum Gasteiger partial charge on any atom is -0.381 e. The molecular formula is C10H10BrN. The first-order valence-corrected chi connectivity index (χ1v) is 4.44. The number of hydrogen-bond donors (Lipinski definition) is 1. The second-order valence-electron chi connectivity index (χ2n) is 2.36. The fourth-order valence-corrected chi connectivity index (χ4v) is 1.11. The molecule has 0 aliphatic carbocycles. The Morgan fingerprint density at radius 2 is 2.08 bits per heavy atom. The minimum absolute atomic E-state index is 0.815. The molecule has 0 radical (unpaired) electrons. The first-order valence-electron chi connectivity index (χ1n) is 3.65. The second-order valence-corrected chi connectivity index (χ2v) is 3.27. The summed E-state index contributed by atoms with van der Waals surface area (Å²) in [5.74, 6) is 0. The molecule has 12 heavy (non-hydrogen) atoms. The smallest absolute Gasteiger partial charge is 0.0400 e. The van der Waals surface area contributed by atoms with Crippen molar-refractivity contribution in [1.82, 2.24) is 5.32 Å². The fourth-order valence-electron chi connectivity index (χ4n) is 0.843. The van der Waals surface area contributed by atoms with Gasteiger partial charge in [-0.15, -0.1) is 5.73 Å². The Labute approximate surface area is 80.9 Å². The van der Waals surface area contributed by atoms with E-state index in [1.54, 1.807) is 6.20 Å². The molecule has 1 aromatic carbocycles. The molecule has 1 rings (SSSR count). The highest BCUT2D eigenvalue weighted by atomic mass is 79.9. The van der Waals surface area contributed by atoms with Gasteiger partial charge in [-0.05, 0) is 17.7 Å². The summed E-state index contributed by atoms with van der Waals surface area (Å²) in [6.07, 6.45) is 1.71. The summed E-state index contributed by atoms with van der Waals surface area (Å²) in [5, 5.41) is 3.06. The van der Waals surface area contributed by atoms with Crippen LogP contribution in [-0.2, 0) is 6.54 Å². The normalized spacial score (nSPS) is 8.75. The Morgan fingerprint density at radius 3 is 2.67 bits per heavy atom. The lowest BCUT2D eigenvalue weighted by atomic mass is 10.2. The van der Waals surface area contributed by atoms with Gasteiger partial charge >= 0.3 is 0 Å². The number of benzene rings is 1. The Morgan fingerprint density at radius 1 is 1.42 bits per heavy atom. The molecule has 0 unspecified atom stereocenters. The average Bonchev–Trinajstić information content (AvgIpc) is 2.09. The topological polar surface area (TPSA) is 12.0 Å². The minimum atomic E-state index is 0.815.